The predicted octanol–water partition coefficient (Wildman–Crippen LogP) is 3.45. The highest BCUT2D eigenvalue weighted by Crippen LogP contribution is 2.40. The monoisotopic (exact) mass is 431 g/mol. The average Bonchev–Trinajstić information content (AvgIpc) is 3.31. The molecular formula is C19H21N5O3S2. The Bertz CT molecular complexity index is 1080. The Morgan fingerprint density at radius 1 is 1.38 bits per heavy atom. The van der Waals surface area contributed by atoms with Gasteiger partial charge in [0.05, 0.1) is 24.3 Å². The highest BCUT2D eigenvalue weighted by atomic mass is 32.2. The second-order valence-electron chi connectivity index (χ2n) is 7.08. The van der Waals surface area contributed by atoms with E-state index in [-0.39, 0.29) is 5.91 Å². The third-order valence-corrected chi connectivity index (χ3v) is 7.25. The highest BCUT2D eigenvalue weighted by Gasteiger charge is 2.30. The number of thioether (sulfide) groups is 1. The lowest BCUT2D eigenvalue weighted by atomic mass is 9.88. The normalized spacial score (nSPS) is 17.0. The summed E-state index contributed by atoms with van der Waals surface area (Å²) in [4.78, 5) is 41.9. The first-order valence-electron chi connectivity index (χ1n) is 9.32. The Morgan fingerprint density at radius 3 is 3.00 bits per heavy atom. The first-order valence-corrected chi connectivity index (χ1v) is 11.0. The maximum absolute atomic E-state index is 12.9. The quantitative estimate of drug-likeness (QED) is 0.362. The SMILES string of the molecule is COC(=O)c1c(NC(=O)[C@@H](C)Sc2ncnc3nc[nH]c23)sc2c1CC[C@H](C)C2. The number of hydrogen-bond acceptors (Lipinski definition) is 8. The molecule has 0 aliphatic heterocycles. The van der Waals surface area contributed by atoms with E-state index in [4.69, 9.17) is 4.74 Å². The van der Waals surface area contributed by atoms with Gasteiger partial charge in [-0.05, 0) is 37.7 Å². The summed E-state index contributed by atoms with van der Waals surface area (Å²) in [6.07, 6.45) is 5.76. The second-order valence-corrected chi connectivity index (χ2v) is 9.51. The van der Waals surface area contributed by atoms with Crippen molar-refractivity contribution in [2.24, 2.45) is 5.92 Å². The molecule has 2 N–H and O–H groups in total. The molecule has 152 valence electrons. The number of H-pyrrole nitrogens is 1. The molecule has 10 heteroatoms. The van der Waals surface area contributed by atoms with Crippen LogP contribution in [0.5, 0.6) is 0 Å². The molecule has 3 heterocycles. The molecule has 1 aliphatic rings. The number of esters is 1. The molecule has 0 aromatic carbocycles. The fourth-order valence-electron chi connectivity index (χ4n) is 3.42. The van der Waals surface area contributed by atoms with Crippen molar-refractivity contribution in [3.63, 3.8) is 0 Å². The number of rotatable bonds is 5. The maximum atomic E-state index is 12.9. The van der Waals surface area contributed by atoms with E-state index in [0.29, 0.717) is 32.7 Å². The van der Waals surface area contributed by atoms with Crippen LogP contribution in [0.4, 0.5) is 5.00 Å². The number of hydrogen-bond donors (Lipinski definition) is 2. The number of aromatic amines is 1. The number of carbonyl (C=O) groups is 2. The number of methoxy groups -OCH3 is 1. The average molecular weight is 432 g/mol. The van der Waals surface area contributed by atoms with E-state index in [2.05, 4.69) is 32.2 Å². The standard InChI is InChI=1S/C19H21N5O3S2/c1-9-4-5-11-12(6-9)29-17(13(11)19(26)27-3)24-16(25)10(2)28-18-14-15(21-7-20-14)22-8-23-18/h7-10H,4-6H2,1-3H3,(H,24,25)(H,20,21,22,23)/t9-,10+/m0/s1. The van der Waals surface area contributed by atoms with Crippen molar-refractivity contribution in [1.29, 1.82) is 0 Å². The van der Waals surface area contributed by atoms with Crippen molar-refractivity contribution in [2.45, 2.75) is 43.4 Å². The molecule has 0 unspecified atom stereocenters. The zero-order valence-electron chi connectivity index (χ0n) is 16.3. The summed E-state index contributed by atoms with van der Waals surface area (Å²) < 4.78 is 4.99. The fraction of sp³-hybridized carbons (Fsp3) is 0.421. The predicted molar refractivity (Wildman–Crippen MR) is 112 cm³/mol. The van der Waals surface area contributed by atoms with Crippen LogP contribution in [0.15, 0.2) is 17.7 Å². The summed E-state index contributed by atoms with van der Waals surface area (Å²) in [5, 5.41) is 3.75. The number of amides is 1. The minimum Gasteiger partial charge on any atom is -0.465 e. The first-order chi connectivity index (χ1) is 14.0. The van der Waals surface area contributed by atoms with Gasteiger partial charge in [0.15, 0.2) is 5.65 Å². The summed E-state index contributed by atoms with van der Waals surface area (Å²) >= 11 is 2.80. The van der Waals surface area contributed by atoms with Crippen molar-refractivity contribution in [3.05, 3.63) is 28.7 Å². The zero-order chi connectivity index (χ0) is 20.5. The van der Waals surface area contributed by atoms with Crippen molar-refractivity contribution < 1.29 is 14.3 Å². The van der Waals surface area contributed by atoms with Crippen LogP contribution in [-0.2, 0) is 22.4 Å². The molecule has 8 nitrogen and oxygen atoms in total. The molecule has 4 rings (SSSR count). The van der Waals surface area contributed by atoms with E-state index in [9.17, 15) is 9.59 Å². The van der Waals surface area contributed by atoms with Gasteiger partial charge in [-0.3, -0.25) is 4.79 Å². The van der Waals surface area contributed by atoms with Gasteiger partial charge in [-0.1, -0.05) is 18.7 Å². The minimum atomic E-state index is -0.431. The van der Waals surface area contributed by atoms with Gasteiger partial charge in [-0.2, -0.15) is 0 Å². The van der Waals surface area contributed by atoms with Gasteiger partial charge in [-0.25, -0.2) is 19.7 Å². The number of imidazole rings is 1. The van der Waals surface area contributed by atoms with E-state index in [1.807, 2.05) is 0 Å². The zero-order valence-corrected chi connectivity index (χ0v) is 17.9. The van der Waals surface area contributed by atoms with Crippen LogP contribution < -0.4 is 5.32 Å². The lowest BCUT2D eigenvalue weighted by Gasteiger charge is -2.18. The molecule has 0 saturated heterocycles. The third kappa shape index (κ3) is 3.86. The number of aromatic nitrogens is 4. The Kier molecular flexibility index (Phi) is 5.55. The van der Waals surface area contributed by atoms with E-state index in [0.717, 1.165) is 29.7 Å². The van der Waals surface area contributed by atoms with E-state index < -0.39 is 11.2 Å². The van der Waals surface area contributed by atoms with Crippen LogP contribution in [-0.4, -0.2) is 44.2 Å². The van der Waals surface area contributed by atoms with Crippen LogP contribution in [0.1, 0.15) is 41.1 Å². The van der Waals surface area contributed by atoms with Crippen LogP contribution in [0.3, 0.4) is 0 Å². The number of thiophene rings is 1. The molecule has 3 aromatic rings. The number of nitrogens with one attached hydrogen (secondary N) is 2. The molecule has 29 heavy (non-hydrogen) atoms. The summed E-state index contributed by atoms with van der Waals surface area (Å²) in [6, 6.07) is 0. The topological polar surface area (TPSA) is 110 Å². The van der Waals surface area contributed by atoms with Crippen LogP contribution in [0.2, 0.25) is 0 Å². The van der Waals surface area contributed by atoms with Crippen LogP contribution >= 0.6 is 23.1 Å². The third-order valence-electron chi connectivity index (χ3n) is 4.98. The molecule has 0 radical (unpaired) electrons. The van der Waals surface area contributed by atoms with Gasteiger partial charge in [0.1, 0.15) is 21.9 Å². The van der Waals surface area contributed by atoms with Crippen molar-refractivity contribution in [1.82, 2.24) is 19.9 Å². The molecule has 2 atom stereocenters. The molecule has 1 aliphatic carbocycles. The van der Waals surface area contributed by atoms with Crippen molar-refractivity contribution >= 4 is 51.1 Å². The van der Waals surface area contributed by atoms with Gasteiger partial charge in [0.25, 0.3) is 0 Å². The number of fused-ring (bicyclic) bond motifs is 2. The molecule has 1 amide bonds. The molecule has 3 aromatic heterocycles. The molecule has 0 spiro atoms. The van der Waals surface area contributed by atoms with E-state index in [1.165, 1.54) is 36.5 Å². The Morgan fingerprint density at radius 2 is 2.21 bits per heavy atom. The van der Waals surface area contributed by atoms with Gasteiger partial charge in [0, 0.05) is 4.88 Å². The Labute approximate surface area is 175 Å². The van der Waals surface area contributed by atoms with Crippen molar-refractivity contribution in [2.75, 3.05) is 12.4 Å². The number of carbonyl (C=O) groups excluding carboxylic acids is 2. The van der Waals surface area contributed by atoms with Crippen LogP contribution in [0, 0.1) is 5.92 Å². The highest BCUT2D eigenvalue weighted by molar-refractivity contribution is 8.00. The molecule has 0 fully saturated rings. The minimum absolute atomic E-state index is 0.196. The number of nitrogens with zero attached hydrogens (tertiary/aromatic N) is 3. The summed E-state index contributed by atoms with van der Waals surface area (Å²) in [5.41, 5.74) is 2.78. The number of ether oxygens (including phenoxy) is 1. The van der Waals surface area contributed by atoms with Gasteiger partial charge >= 0.3 is 5.97 Å². The van der Waals surface area contributed by atoms with Crippen LogP contribution in [0.25, 0.3) is 11.2 Å². The number of anilines is 1. The smallest absolute Gasteiger partial charge is 0.341 e. The maximum Gasteiger partial charge on any atom is 0.341 e. The largest absolute Gasteiger partial charge is 0.465 e. The van der Waals surface area contributed by atoms with Crippen molar-refractivity contribution in [3.8, 4) is 0 Å². The molecule has 0 saturated carbocycles. The Hall–Kier alpha value is -2.46. The molecular weight excluding hydrogens is 410 g/mol. The Balaban J connectivity index is 1.56. The first kappa shape index (κ1) is 19.8. The second kappa shape index (κ2) is 8.11. The van der Waals surface area contributed by atoms with E-state index >= 15 is 0 Å². The summed E-state index contributed by atoms with van der Waals surface area (Å²) in [7, 11) is 1.37. The molecule has 0 bridgehead atoms. The van der Waals surface area contributed by atoms with Gasteiger partial charge in [-0.15, -0.1) is 11.3 Å². The fourth-order valence-corrected chi connectivity index (χ4v) is 5.70. The van der Waals surface area contributed by atoms with Gasteiger partial charge < -0.3 is 15.0 Å². The summed E-state index contributed by atoms with van der Waals surface area (Å²) in [5.74, 6) is -0.0278. The summed E-state index contributed by atoms with van der Waals surface area (Å²) in [6.45, 7) is 4.01. The van der Waals surface area contributed by atoms with E-state index in [1.54, 1.807) is 13.3 Å². The lowest BCUT2D eigenvalue weighted by Crippen LogP contribution is -2.23. The van der Waals surface area contributed by atoms with Gasteiger partial charge in [0.2, 0.25) is 5.91 Å². The lowest BCUT2D eigenvalue weighted by molar-refractivity contribution is -0.115.